The van der Waals surface area contributed by atoms with Crippen molar-refractivity contribution in [2.24, 2.45) is 5.10 Å². The van der Waals surface area contributed by atoms with Gasteiger partial charge in [0.2, 0.25) is 6.33 Å². The number of hydrazone groups is 1. The van der Waals surface area contributed by atoms with Crippen LogP contribution < -0.4 is 14.7 Å². The standard InChI is InChI=1S/C16H18N6O/c1-2-3-10-23-14-6-4-13(5-7-14)11-17-19-15-8-9-16-20-18-12-22(16)21-15/h4-9,11-12H,2-3,10H2,1H3,(H,19,21)/p+1/b17-11+. The summed E-state index contributed by atoms with van der Waals surface area (Å²) >= 11 is 0. The number of rotatable bonds is 7. The molecular weight excluding hydrogens is 292 g/mol. The van der Waals surface area contributed by atoms with Crippen molar-refractivity contribution in [2.75, 3.05) is 12.0 Å². The highest BCUT2D eigenvalue weighted by atomic mass is 16.5. The zero-order chi connectivity index (χ0) is 15.9. The van der Waals surface area contributed by atoms with Crippen LogP contribution in [-0.2, 0) is 0 Å². The average molecular weight is 311 g/mol. The molecule has 0 aliphatic rings. The Bertz CT molecular complexity index is 781. The molecule has 118 valence electrons. The van der Waals surface area contributed by atoms with Crippen LogP contribution in [0.15, 0.2) is 47.8 Å². The largest absolute Gasteiger partial charge is 0.494 e. The molecule has 0 saturated heterocycles. The summed E-state index contributed by atoms with van der Waals surface area (Å²) in [5.41, 5.74) is 4.63. The maximum absolute atomic E-state index is 5.63. The van der Waals surface area contributed by atoms with Crippen LogP contribution >= 0.6 is 0 Å². The van der Waals surface area contributed by atoms with Crippen LogP contribution in [0, 0.1) is 0 Å². The number of fused-ring (bicyclic) bond motifs is 1. The highest BCUT2D eigenvalue weighted by molar-refractivity contribution is 5.80. The van der Waals surface area contributed by atoms with Gasteiger partial charge < -0.3 is 4.74 Å². The summed E-state index contributed by atoms with van der Waals surface area (Å²) in [4.78, 5) is 0. The molecule has 0 atom stereocenters. The Morgan fingerprint density at radius 3 is 2.96 bits per heavy atom. The number of nitrogens with one attached hydrogen (secondary N) is 2. The predicted octanol–water partition coefficient (Wildman–Crippen LogP) is 2.17. The Morgan fingerprint density at radius 1 is 1.26 bits per heavy atom. The maximum Gasteiger partial charge on any atom is 0.325 e. The minimum absolute atomic E-state index is 0.639. The first kappa shape index (κ1) is 15.0. The molecule has 3 rings (SSSR count). The lowest BCUT2D eigenvalue weighted by molar-refractivity contribution is -0.579. The van der Waals surface area contributed by atoms with Crippen LogP contribution in [0.1, 0.15) is 25.3 Å². The van der Waals surface area contributed by atoms with Gasteiger partial charge in [0.25, 0.3) is 0 Å². The van der Waals surface area contributed by atoms with Crippen LogP contribution in [0.5, 0.6) is 5.75 Å². The summed E-state index contributed by atoms with van der Waals surface area (Å²) in [7, 11) is 0. The first-order valence-electron chi connectivity index (χ1n) is 7.59. The van der Waals surface area contributed by atoms with Crippen LogP contribution in [0.2, 0.25) is 0 Å². The van der Waals surface area contributed by atoms with Gasteiger partial charge in [-0.1, -0.05) is 18.4 Å². The van der Waals surface area contributed by atoms with Crippen molar-refractivity contribution in [3.05, 3.63) is 48.3 Å². The van der Waals surface area contributed by atoms with Crippen LogP contribution in [0.3, 0.4) is 0 Å². The minimum atomic E-state index is 0.639. The third-order valence-electron chi connectivity index (χ3n) is 3.24. The summed E-state index contributed by atoms with van der Waals surface area (Å²) in [6, 6.07) is 11.5. The molecule has 0 aliphatic carbocycles. The van der Waals surface area contributed by atoms with Gasteiger partial charge in [0.05, 0.1) is 12.8 Å². The van der Waals surface area contributed by atoms with Crippen LogP contribution in [-0.4, -0.2) is 28.1 Å². The smallest absolute Gasteiger partial charge is 0.325 e. The van der Waals surface area contributed by atoms with Gasteiger partial charge in [-0.3, -0.25) is 5.43 Å². The molecule has 1 aromatic carbocycles. The highest BCUT2D eigenvalue weighted by Gasteiger charge is 2.04. The average Bonchev–Trinajstić information content (AvgIpc) is 3.04. The van der Waals surface area contributed by atoms with Crippen molar-refractivity contribution >= 4 is 17.7 Å². The number of benzene rings is 1. The van der Waals surface area contributed by atoms with Crippen molar-refractivity contribution in [1.82, 2.24) is 15.3 Å². The van der Waals surface area contributed by atoms with Crippen molar-refractivity contribution in [3.8, 4) is 5.75 Å². The lowest BCUT2D eigenvalue weighted by Gasteiger charge is -2.04. The Balaban J connectivity index is 1.56. The Hall–Kier alpha value is -2.96. The molecule has 0 spiro atoms. The van der Waals surface area contributed by atoms with E-state index in [1.807, 2.05) is 36.4 Å². The van der Waals surface area contributed by atoms with Gasteiger partial charge in [-0.25, -0.2) is 0 Å². The second-order valence-corrected chi connectivity index (χ2v) is 5.03. The van der Waals surface area contributed by atoms with Gasteiger partial charge in [-0.2, -0.15) is 5.10 Å². The molecule has 2 aromatic heterocycles. The SMILES string of the molecule is CCCCOc1ccc(/C=N/Nc2ccc3n[nH]c[n+]3n2)cc1. The molecule has 3 aromatic rings. The van der Waals surface area contributed by atoms with Crippen molar-refractivity contribution in [2.45, 2.75) is 19.8 Å². The van der Waals surface area contributed by atoms with E-state index in [0.29, 0.717) is 5.82 Å². The number of ether oxygens (including phenoxy) is 1. The Kier molecular flexibility index (Phi) is 4.78. The molecule has 2 N–H and O–H groups in total. The van der Waals surface area contributed by atoms with Crippen LogP contribution in [0.25, 0.3) is 5.65 Å². The van der Waals surface area contributed by atoms with E-state index < -0.39 is 0 Å². The third kappa shape index (κ3) is 4.03. The van der Waals surface area contributed by atoms with E-state index >= 15 is 0 Å². The first-order valence-corrected chi connectivity index (χ1v) is 7.59. The second-order valence-electron chi connectivity index (χ2n) is 5.03. The van der Waals surface area contributed by atoms with Gasteiger partial charge >= 0.3 is 5.65 Å². The first-order chi connectivity index (χ1) is 11.3. The molecule has 0 saturated carbocycles. The number of anilines is 1. The molecule has 0 unspecified atom stereocenters. The molecule has 0 amide bonds. The number of hydrogen-bond acceptors (Lipinski definition) is 5. The number of hydrogen-bond donors (Lipinski definition) is 2. The van der Waals surface area contributed by atoms with Gasteiger partial charge in [-0.05, 0) is 42.3 Å². The zero-order valence-corrected chi connectivity index (χ0v) is 12.9. The Labute approximate surface area is 134 Å². The molecule has 0 aliphatic heterocycles. The van der Waals surface area contributed by atoms with Crippen molar-refractivity contribution < 1.29 is 9.25 Å². The van der Waals surface area contributed by atoms with E-state index in [1.165, 1.54) is 0 Å². The van der Waals surface area contributed by atoms with Crippen molar-refractivity contribution in [3.63, 3.8) is 0 Å². The summed E-state index contributed by atoms with van der Waals surface area (Å²) in [5, 5.41) is 15.2. The van der Waals surface area contributed by atoms with E-state index in [9.17, 15) is 0 Å². The summed E-state index contributed by atoms with van der Waals surface area (Å²) in [6.45, 7) is 2.90. The normalized spacial score (nSPS) is 11.2. The van der Waals surface area contributed by atoms with E-state index in [-0.39, 0.29) is 0 Å². The molecule has 0 bridgehead atoms. The topological polar surface area (TPSA) is 79.3 Å². The lowest BCUT2D eigenvalue weighted by atomic mass is 10.2. The fourth-order valence-electron chi connectivity index (χ4n) is 1.98. The molecule has 23 heavy (non-hydrogen) atoms. The van der Waals surface area contributed by atoms with E-state index in [0.717, 1.165) is 36.4 Å². The maximum atomic E-state index is 5.63. The van der Waals surface area contributed by atoms with Gasteiger partial charge in [0, 0.05) is 11.2 Å². The summed E-state index contributed by atoms with van der Waals surface area (Å²) < 4.78 is 7.27. The lowest BCUT2D eigenvalue weighted by Crippen LogP contribution is -2.24. The quantitative estimate of drug-likeness (QED) is 0.303. The summed E-state index contributed by atoms with van der Waals surface area (Å²) in [5.74, 6) is 1.52. The second kappa shape index (κ2) is 7.35. The number of aromatic amines is 1. The molecule has 0 radical (unpaired) electrons. The highest BCUT2D eigenvalue weighted by Crippen LogP contribution is 2.11. The van der Waals surface area contributed by atoms with Gasteiger partial charge in [0.1, 0.15) is 5.75 Å². The van der Waals surface area contributed by atoms with E-state index in [2.05, 4.69) is 32.7 Å². The minimum Gasteiger partial charge on any atom is -0.494 e. The van der Waals surface area contributed by atoms with Gasteiger partial charge in [-0.15, -0.1) is 9.61 Å². The molecule has 2 heterocycles. The number of H-pyrrole nitrogens is 1. The predicted molar refractivity (Wildman–Crippen MR) is 87.6 cm³/mol. The van der Waals surface area contributed by atoms with E-state index in [1.54, 1.807) is 17.1 Å². The zero-order valence-electron chi connectivity index (χ0n) is 12.9. The summed E-state index contributed by atoms with van der Waals surface area (Å²) in [6.07, 6.45) is 5.61. The fraction of sp³-hybridized carbons (Fsp3) is 0.250. The van der Waals surface area contributed by atoms with Crippen molar-refractivity contribution in [1.29, 1.82) is 0 Å². The van der Waals surface area contributed by atoms with E-state index in [4.69, 9.17) is 4.74 Å². The number of unbranched alkanes of at least 4 members (excludes halogenated alkanes) is 1. The number of nitrogens with zero attached hydrogens (tertiary/aromatic N) is 4. The monoisotopic (exact) mass is 311 g/mol. The molecule has 0 fully saturated rings. The molecule has 7 heteroatoms. The van der Waals surface area contributed by atoms with Gasteiger partial charge in [0.15, 0.2) is 5.82 Å². The molecule has 7 nitrogen and oxygen atoms in total. The fourth-order valence-corrected chi connectivity index (χ4v) is 1.98. The Morgan fingerprint density at radius 2 is 2.13 bits per heavy atom. The third-order valence-corrected chi connectivity index (χ3v) is 3.24. The molecular formula is C16H19N6O+. The number of aromatic nitrogens is 4. The van der Waals surface area contributed by atoms with Crippen LogP contribution in [0.4, 0.5) is 5.82 Å².